The first-order chi connectivity index (χ1) is 14.8. The number of hydrogen-bond acceptors (Lipinski definition) is 4. The van der Waals surface area contributed by atoms with Gasteiger partial charge in [-0.05, 0) is 42.0 Å². The van der Waals surface area contributed by atoms with Gasteiger partial charge < -0.3 is 4.90 Å². The van der Waals surface area contributed by atoms with E-state index in [2.05, 4.69) is 4.90 Å². The molecule has 1 fully saturated rings. The Morgan fingerprint density at radius 2 is 1.65 bits per heavy atom. The molecule has 1 saturated heterocycles. The van der Waals surface area contributed by atoms with Crippen LogP contribution in [0.3, 0.4) is 0 Å². The van der Waals surface area contributed by atoms with Gasteiger partial charge in [0.05, 0.1) is 4.90 Å². The summed E-state index contributed by atoms with van der Waals surface area (Å²) in [6.45, 7) is 7.43. The van der Waals surface area contributed by atoms with Gasteiger partial charge in [0.2, 0.25) is 10.0 Å². The van der Waals surface area contributed by atoms with E-state index in [1.54, 1.807) is 36.9 Å². The summed E-state index contributed by atoms with van der Waals surface area (Å²) >= 11 is 6.11. The maximum absolute atomic E-state index is 13.2. The standard InChI is InChI=1S/C22H27ClFN3O3S/c1-3-27(4-2)31(29,30)20-9-6-17(7-10-20)22(28)26-13-11-25(12-14-26)16-18-5-8-19(24)15-21(18)23/h5-10,15H,3-4,11-14,16H2,1-2H3. The summed E-state index contributed by atoms with van der Waals surface area (Å²) < 4.78 is 39.8. The molecule has 0 aliphatic carbocycles. The van der Waals surface area contributed by atoms with Crippen molar-refractivity contribution in [3.05, 3.63) is 64.4 Å². The second kappa shape index (κ2) is 10.1. The van der Waals surface area contributed by atoms with Crippen LogP contribution < -0.4 is 0 Å². The van der Waals surface area contributed by atoms with Crippen LogP contribution in [0, 0.1) is 5.82 Å². The van der Waals surface area contributed by atoms with Crippen molar-refractivity contribution in [2.75, 3.05) is 39.3 Å². The third-order valence-electron chi connectivity index (χ3n) is 5.51. The Bertz CT molecular complexity index is 1020. The molecule has 31 heavy (non-hydrogen) atoms. The van der Waals surface area contributed by atoms with Gasteiger partial charge >= 0.3 is 0 Å². The fourth-order valence-corrected chi connectivity index (χ4v) is 5.35. The largest absolute Gasteiger partial charge is 0.336 e. The Balaban J connectivity index is 1.60. The van der Waals surface area contributed by atoms with Crippen LogP contribution in [-0.4, -0.2) is 67.7 Å². The number of benzene rings is 2. The minimum atomic E-state index is -3.54. The van der Waals surface area contributed by atoms with Crippen LogP contribution in [0.2, 0.25) is 5.02 Å². The van der Waals surface area contributed by atoms with Crippen LogP contribution >= 0.6 is 11.6 Å². The number of carbonyl (C=O) groups excluding carboxylic acids is 1. The molecule has 2 aromatic rings. The van der Waals surface area contributed by atoms with Crippen molar-refractivity contribution >= 4 is 27.5 Å². The summed E-state index contributed by atoms with van der Waals surface area (Å²) in [6.07, 6.45) is 0. The van der Waals surface area contributed by atoms with E-state index in [9.17, 15) is 17.6 Å². The van der Waals surface area contributed by atoms with E-state index in [-0.39, 0.29) is 16.6 Å². The molecule has 3 rings (SSSR count). The van der Waals surface area contributed by atoms with Gasteiger partial charge in [-0.3, -0.25) is 9.69 Å². The van der Waals surface area contributed by atoms with Crippen molar-refractivity contribution in [2.24, 2.45) is 0 Å². The molecule has 0 radical (unpaired) electrons. The van der Waals surface area contributed by atoms with E-state index in [4.69, 9.17) is 11.6 Å². The van der Waals surface area contributed by atoms with Gasteiger partial charge in [0.1, 0.15) is 5.82 Å². The molecule has 0 saturated carbocycles. The molecule has 2 aromatic carbocycles. The van der Waals surface area contributed by atoms with E-state index in [1.807, 2.05) is 0 Å². The van der Waals surface area contributed by atoms with Crippen LogP contribution in [0.15, 0.2) is 47.4 Å². The van der Waals surface area contributed by atoms with Gasteiger partial charge in [-0.25, -0.2) is 12.8 Å². The van der Waals surface area contributed by atoms with Crippen LogP contribution in [0.5, 0.6) is 0 Å². The fraction of sp³-hybridized carbons (Fsp3) is 0.409. The van der Waals surface area contributed by atoms with E-state index in [0.717, 1.165) is 5.56 Å². The Kier molecular flexibility index (Phi) is 7.69. The maximum atomic E-state index is 13.2. The number of amides is 1. The highest BCUT2D eigenvalue weighted by molar-refractivity contribution is 7.89. The zero-order valence-corrected chi connectivity index (χ0v) is 19.3. The average Bonchev–Trinajstić information content (AvgIpc) is 2.76. The lowest BCUT2D eigenvalue weighted by Gasteiger charge is -2.35. The lowest BCUT2D eigenvalue weighted by atomic mass is 10.1. The van der Waals surface area contributed by atoms with Gasteiger partial charge in [0, 0.05) is 56.4 Å². The molecule has 0 spiro atoms. The zero-order valence-electron chi connectivity index (χ0n) is 17.7. The summed E-state index contributed by atoms with van der Waals surface area (Å²) in [4.78, 5) is 17.0. The third kappa shape index (κ3) is 5.44. The minimum absolute atomic E-state index is 0.119. The van der Waals surface area contributed by atoms with Crippen molar-refractivity contribution in [1.82, 2.24) is 14.1 Å². The molecule has 1 aliphatic heterocycles. The molecular formula is C22H27ClFN3O3S. The quantitative estimate of drug-likeness (QED) is 0.625. The molecule has 6 nitrogen and oxygen atoms in total. The van der Waals surface area contributed by atoms with E-state index in [0.29, 0.717) is 56.4 Å². The number of hydrogen-bond donors (Lipinski definition) is 0. The monoisotopic (exact) mass is 467 g/mol. The topological polar surface area (TPSA) is 60.9 Å². The van der Waals surface area contributed by atoms with E-state index in [1.165, 1.54) is 28.6 Å². The summed E-state index contributed by atoms with van der Waals surface area (Å²) in [7, 11) is -3.54. The van der Waals surface area contributed by atoms with Crippen LogP contribution in [0.1, 0.15) is 29.8 Å². The number of sulfonamides is 1. The molecule has 1 amide bonds. The van der Waals surface area contributed by atoms with Gasteiger partial charge in [0.25, 0.3) is 5.91 Å². The molecule has 0 N–H and O–H groups in total. The smallest absolute Gasteiger partial charge is 0.253 e. The Morgan fingerprint density at radius 3 is 2.19 bits per heavy atom. The zero-order chi connectivity index (χ0) is 22.6. The van der Waals surface area contributed by atoms with Crippen molar-refractivity contribution in [2.45, 2.75) is 25.3 Å². The Hall–Kier alpha value is -2.00. The van der Waals surface area contributed by atoms with E-state index < -0.39 is 10.0 Å². The summed E-state index contributed by atoms with van der Waals surface area (Å²) in [5.41, 5.74) is 1.32. The minimum Gasteiger partial charge on any atom is -0.336 e. The molecule has 0 atom stereocenters. The lowest BCUT2D eigenvalue weighted by Crippen LogP contribution is -2.48. The first kappa shape index (κ1) is 23.7. The predicted octanol–water partition coefficient (Wildman–Crippen LogP) is 3.47. The highest BCUT2D eigenvalue weighted by Gasteiger charge is 2.25. The highest BCUT2D eigenvalue weighted by atomic mass is 35.5. The first-order valence-corrected chi connectivity index (χ1v) is 12.1. The molecule has 1 heterocycles. The molecule has 0 bridgehead atoms. The fourth-order valence-electron chi connectivity index (χ4n) is 3.66. The maximum Gasteiger partial charge on any atom is 0.253 e. The summed E-state index contributed by atoms with van der Waals surface area (Å²) in [6, 6.07) is 10.5. The number of nitrogens with zero attached hydrogens (tertiary/aromatic N) is 3. The Labute approximate surface area is 188 Å². The second-order valence-corrected chi connectivity index (χ2v) is 9.76. The lowest BCUT2D eigenvalue weighted by molar-refractivity contribution is 0.0628. The normalized spacial score (nSPS) is 15.5. The van der Waals surface area contributed by atoms with Gasteiger partial charge in [-0.1, -0.05) is 31.5 Å². The van der Waals surface area contributed by atoms with Crippen molar-refractivity contribution in [3.8, 4) is 0 Å². The van der Waals surface area contributed by atoms with Gasteiger partial charge in [-0.2, -0.15) is 4.31 Å². The average molecular weight is 468 g/mol. The highest BCUT2D eigenvalue weighted by Crippen LogP contribution is 2.21. The molecule has 9 heteroatoms. The van der Waals surface area contributed by atoms with Crippen LogP contribution in [-0.2, 0) is 16.6 Å². The summed E-state index contributed by atoms with van der Waals surface area (Å²) in [5, 5.41) is 0.401. The molecule has 0 unspecified atom stereocenters. The number of piperazine rings is 1. The van der Waals surface area contributed by atoms with Crippen molar-refractivity contribution in [1.29, 1.82) is 0 Å². The third-order valence-corrected chi connectivity index (χ3v) is 7.93. The molecular weight excluding hydrogens is 441 g/mol. The molecule has 0 aromatic heterocycles. The Morgan fingerprint density at radius 1 is 1.03 bits per heavy atom. The molecule has 1 aliphatic rings. The van der Waals surface area contributed by atoms with E-state index >= 15 is 0 Å². The van der Waals surface area contributed by atoms with Gasteiger partial charge in [-0.15, -0.1) is 0 Å². The van der Waals surface area contributed by atoms with Crippen molar-refractivity contribution in [3.63, 3.8) is 0 Å². The first-order valence-electron chi connectivity index (χ1n) is 10.3. The number of halogens is 2. The van der Waals surface area contributed by atoms with Crippen molar-refractivity contribution < 1.29 is 17.6 Å². The summed E-state index contributed by atoms with van der Waals surface area (Å²) in [5.74, 6) is -0.480. The second-order valence-electron chi connectivity index (χ2n) is 7.42. The van der Waals surface area contributed by atoms with Crippen LogP contribution in [0.4, 0.5) is 4.39 Å². The SMILES string of the molecule is CCN(CC)S(=O)(=O)c1ccc(C(=O)N2CCN(Cc3ccc(F)cc3Cl)CC2)cc1. The van der Waals surface area contributed by atoms with Gasteiger partial charge in [0.15, 0.2) is 0 Å². The number of carbonyl (C=O) groups is 1. The van der Waals surface area contributed by atoms with Crippen LogP contribution in [0.25, 0.3) is 0 Å². The number of rotatable bonds is 7. The predicted molar refractivity (Wildman–Crippen MR) is 119 cm³/mol. The molecule has 168 valence electrons.